The number of carbonyl (C=O) groups is 3. The first-order chi connectivity index (χ1) is 17.2. The molecule has 2 aliphatic heterocycles. The molecule has 1 aromatic carbocycles. The Morgan fingerprint density at radius 3 is 2.56 bits per heavy atom. The van der Waals surface area contributed by atoms with Crippen LogP contribution in [0.25, 0.3) is 0 Å². The number of nitrogens with one attached hydrogen (secondary N) is 2. The lowest BCUT2D eigenvalue weighted by Crippen LogP contribution is -2.62. The minimum absolute atomic E-state index is 0.0417. The smallest absolute Gasteiger partial charge is 0.242 e. The van der Waals surface area contributed by atoms with Crippen LogP contribution in [-0.4, -0.2) is 109 Å². The Labute approximate surface area is 223 Å². The van der Waals surface area contributed by atoms with Crippen LogP contribution < -0.4 is 10.6 Å². The normalized spacial score (nSPS) is 25.4. The van der Waals surface area contributed by atoms with Gasteiger partial charge >= 0.3 is 0 Å². The van der Waals surface area contributed by atoms with Crippen LogP contribution in [0.1, 0.15) is 24.8 Å². The van der Waals surface area contributed by atoms with Crippen LogP contribution in [-0.2, 0) is 20.9 Å². The fourth-order valence-corrected chi connectivity index (χ4v) is 5.84. The van der Waals surface area contributed by atoms with Crippen molar-refractivity contribution in [3.8, 4) is 0 Å². The molecule has 0 radical (unpaired) electrons. The van der Waals surface area contributed by atoms with Gasteiger partial charge in [0.25, 0.3) is 0 Å². The maximum Gasteiger partial charge on any atom is 0.242 e. The van der Waals surface area contributed by atoms with E-state index in [4.69, 9.17) is 23.2 Å². The molecular weight excluding hydrogens is 503 g/mol. The SMILES string of the molecule is CNC(=O)CN1CCN(C2CCC3NCN(CC(=O)N(C)Cc4ccc(Cl)c(Cl)c4)C(=O)C3C2)CC1. The molecule has 3 amide bonds. The quantitative estimate of drug-likeness (QED) is 0.543. The van der Waals surface area contributed by atoms with Crippen LogP contribution in [0.15, 0.2) is 18.2 Å². The number of likely N-dealkylation sites (N-methyl/N-ethyl adjacent to an activating group) is 2. The predicted molar refractivity (Wildman–Crippen MR) is 140 cm³/mol. The molecule has 9 nitrogen and oxygen atoms in total. The van der Waals surface area contributed by atoms with Crippen molar-refractivity contribution < 1.29 is 14.4 Å². The van der Waals surface area contributed by atoms with E-state index in [0.29, 0.717) is 35.8 Å². The van der Waals surface area contributed by atoms with Crippen LogP contribution in [0.2, 0.25) is 10.0 Å². The number of amides is 3. The summed E-state index contributed by atoms with van der Waals surface area (Å²) in [5.74, 6) is -0.123. The highest BCUT2D eigenvalue weighted by atomic mass is 35.5. The average molecular weight is 540 g/mol. The number of nitrogens with zero attached hydrogens (tertiary/aromatic N) is 4. The summed E-state index contributed by atoms with van der Waals surface area (Å²) in [7, 11) is 3.40. The molecule has 3 atom stereocenters. The molecule has 36 heavy (non-hydrogen) atoms. The number of fused-ring (bicyclic) bond motifs is 1. The maximum absolute atomic E-state index is 13.4. The van der Waals surface area contributed by atoms with Crippen molar-refractivity contribution in [1.29, 1.82) is 0 Å². The second kappa shape index (κ2) is 12.1. The van der Waals surface area contributed by atoms with Gasteiger partial charge in [-0.1, -0.05) is 29.3 Å². The van der Waals surface area contributed by atoms with E-state index in [1.807, 2.05) is 6.07 Å². The summed E-state index contributed by atoms with van der Waals surface area (Å²) in [5, 5.41) is 7.11. The molecule has 4 rings (SSSR count). The molecule has 198 valence electrons. The van der Waals surface area contributed by atoms with Gasteiger partial charge in [0.15, 0.2) is 0 Å². The molecule has 2 saturated heterocycles. The van der Waals surface area contributed by atoms with Crippen LogP contribution in [0.4, 0.5) is 0 Å². The second-order valence-corrected chi connectivity index (χ2v) is 10.9. The van der Waals surface area contributed by atoms with Crippen molar-refractivity contribution in [3.63, 3.8) is 0 Å². The summed E-state index contributed by atoms with van der Waals surface area (Å²) >= 11 is 12.1. The first-order valence-corrected chi connectivity index (χ1v) is 13.4. The highest BCUT2D eigenvalue weighted by Gasteiger charge is 2.42. The monoisotopic (exact) mass is 538 g/mol. The number of hydrogen-bond donors (Lipinski definition) is 2. The van der Waals surface area contributed by atoms with E-state index >= 15 is 0 Å². The lowest BCUT2D eigenvalue weighted by atomic mass is 9.79. The molecule has 1 aromatic rings. The predicted octanol–water partition coefficient (Wildman–Crippen LogP) is 1.24. The zero-order valence-corrected chi connectivity index (χ0v) is 22.5. The van der Waals surface area contributed by atoms with Gasteiger partial charge in [-0.15, -0.1) is 0 Å². The molecule has 0 spiro atoms. The lowest BCUT2D eigenvalue weighted by molar-refractivity contribution is -0.148. The van der Waals surface area contributed by atoms with Crippen LogP contribution in [0, 0.1) is 5.92 Å². The summed E-state index contributed by atoms with van der Waals surface area (Å²) in [4.78, 5) is 45.9. The van der Waals surface area contributed by atoms with Gasteiger partial charge in [-0.05, 0) is 37.0 Å². The summed E-state index contributed by atoms with van der Waals surface area (Å²) in [6.07, 6.45) is 2.82. The molecule has 3 fully saturated rings. The van der Waals surface area contributed by atoms with Gasteiger partial charge in [0, 0.05) is 58.9 Å². The Kier molecular flexibility index (Phi) is 9.11. The zero-order valence-electron chi connectivity index (χ0n) is 21.0. The van der Waals surface area contributed by atoms with Crippen molar-refractivity contribution >= 4 is 40.9 Å². The number of benzene rings is 1. The molecule has 0 aromatic heterocycles. The first-order valence-electron chi connectivity index (χ1n) is 12.6. The fourth-order valence-electron chi connectivity index (χ4n) is 5.52. The summed E-state index contributed by atoms with van der Waals surface area (Å²) < 4.78 is 0. The van der Waals surface area contributed by atoms with Gasteiger partial charge in [0.05, 0.1) is 29.2 Å². The van der Waals surface area contributed by atoms with Gasteiger partial charge in [-0.25, -0.2) is 0 Å². The summed E-state index contributed by atoms with van der Waals surface area (Å²) in [6, 6.07) is 5.84. The van der Waals surface area contributed by atoms with E-state index in [-0.39, 0.29) is 36.2 Å². The van der Waals surface area contributed by atoms with E-state index in [0.717, 1.165) is 51.0 Å². The number of halogens is 2. The van der Waals surface area contributed by atoms with Crippen LogP contribution >= 0.6 is 23.2 Å². The fraction of sp³-hybridized carbons (Fsp3) is 0.640. The highest BCUT2D eigenvalue weighted by molar-refractivity contribution is 6.42. The largest absolute Gasteiger partial charge is 0.358 e. The zero-order chi connectivity index (χ0) is 25.8. The highest BCUT2D eigenvalue weighted by Crippen LogP contribution is 2.32. The summed E-state index contributed by atoms with van der Waals surface area (Å²) in [6.45, 7) is 4.80. The first kappa shape index (κ1) is 27.1. The Balaban J connectivity index is 1.29. The Morgan fingerprint density at radius 2 is 1.86 bits per heavy atom. The van der Waals surface area contributed by atoms with Gasteiger partial charge in [-0.2, -0.15) is 0 Å². The molecule has 1 saturated carbocycles. The average Bonchev–Trinajstić information content (AvgIpc) is 2.88. The van der Waals surface area contributed by atoms with E-state index in [1.165, 1.54) is 0 Å². The van der Waals surface area contributed by atoms with Crippen molar-refractivity contribution in [2.45, 2.75) is 37.9 Å². The van der Waals surface area contributed by atoms with Gasteiger partial charge in [-0.3, -0.25) is 29.5 Å². The maximum atomic E-state index is 13.4. The number of carbonyl (C=O) groups excluding carboxylic acids is 3. The standard InChI is InChI=1S/C25H36Cl2N6O3/c1-28-23(34)14-31-7-9-32(10-8-31)18-4-6-22-19(12-18)25(36)33(16-29-22)15-24(35)30(2)13-17-3-5-20(26)21(27)11-17/h3,5,11,18-19,22,29H,4,6-10,12-16H2,1-2H3,(H,28,34). The van der Waals surface area contributed by atoms with Gasteiger partial charge in [0.1, 0.15) is 6.54 Å². The summed E-state index contributed by atoms with van der Waals surface area (Å²) in [5.41, 5.74) is 0.883. The second-order valence-electron chi connectivity index (χ2n) is 10.1. The molecule has 2 heterocycles. The number of piperazine rings is 1. The Bertz CT molecular complexity index is 971. The molecule has 11 heteroatoms. The van der Waals surface area contributed by atoms with E-state index in [2.05, 4.69) is 20.4 Å². The molecule has 0 bridgehead atoms. The number of rotatable bonds is 7. The van der Waals surface area contributed by atoms with Crippen LogP contribution in [0.3, 0.4) is 0 Å². The van der Waals surface area contributed by atoms with Crippen molar-refractivity contribution in [2.24, 2.45) is 5.92 Å². The van der Waals surface area contributed by atoms with E-state index < -0.39 is 0 Å². The third-order valence-electron chi connectivity index (χ3n) is 7.72. The van der Waals surface area contributed by atoms with Crippen molar-refractivity contribution in [1.82, 2.24) is 30.2 Å². The third-order valence-corrected chi connectivity index (χ3v) is 8.46. The third kappa shape index (κ3) is 6.50. The molecule has 3 aliphatic rings. The topological polar surface area (TPSA) is 88.2 Å². The lowest BCUT2D eigenvalue weighted by Gasteiger charge is -2.47. The van der Waals surface area contributed by atoms with E-state index in [9.17, 15) is 14.4 Å². The molecule has 2 N–H and O–H groups in total. The Hall–Kier alpha value is -1.91. The van der Waals surface area contributed by atoms with Gasteiger partial charge < -0.3 is 15.1 Å². The molecule has 3 unspecified atom stereocenters. The van der Waals surface area contributed by atoms with Gasteiger partial charge in [0.2, 0.25) is 17.7 Å². The van der Waals surface area contributed by atoms with Crippen LogP contribution in [0.5, 0.6) is 0 Å². The minimum Gasteiger partial charge on any atom is -0.358 e. The minimum atomic E-state index is -0.116. The Morgan fingerprint density at radius 1 is 1.11 bits per heavy atom. The number of hydrogen-bond acceptors (Lipinski definition) is 6. The molecule has 1 aliphatic carbocycles. The van der Waals surface area contributed by atoms with Crippen molar-refractivity contribution in [2.75, 3.05) is 60.0 Å². The van der Waals surface area contributed by atoms with E-state index in [1.54, 1.807) is 36.0 Å². The molecular formula is C25H36Cl2N6O3. The van der Waals surface area contributed by atoms with Crippen molar-refractivity contribution in [3.05, 3.63) is 33.8 Å².